The summed E-state index contributed by atoms with van der Waals surface area (Å²) in [6.45, 7) is 20.5. The molecule has 0 heterocycles. The third kappa shape index (κ3) is 12.5. The second kappa shape index (κ2) is 13.9. The summed E-state index contributed by atoms with van der Waals surface area (Å²) in [4.78, 5) is 0. The number of ether oxygens (including phenoxy) is 1. The van der Waals surface area contributed by atoms with Gasteiger partial charge in [-0.1, -0.05) is 84.2 Å². The molecule has 0 saturated carbocycles. The first kappa shape index (κ1) is 29.3. The SMILES string of the molecule is C[C@H](CCC[C@@](C)(O)CCC[C@@H](C)CO[Si](C)(C)C(C)(C)C)CCOCc1ccccc1. The summed E-state index contributed by atoms with van der Waals surface area (Å²) in [7, 11) is -1.66. The van der Waals surface area contributed by atoms with E-state index in [4.69, 9.17) is 9.16 Å². The molecule has 3 nitrogen and oxygen atoms in total. The van der Waals surface area contributed by atoms with Gasteiger partial charge in [-0.25, -0.2) is 0 Å². The van der Waals surface area contributed by atoms with Crippen molar-refractivity contribution >= 4 is 8.32 Å². The Balaban J connectivity index is 2.13. The molecule has 0 spiro atoms. The first-order valence-corrected chi connectivity index (χ1v) is 15.7. The van der Waals surface area contributed by atoms with Gasteiger partial charge < -0.3 is 14.3 Å². The number of aliphatic hydroxyl groups is 1. The highest BCUT2D eigenvalue weighted by Gasteiger charge is 2.37. The van der Waals surface area contributed by atoms with E-state index in [-0.39, 0.29) is 5.04 Å². The summed E-state index contributed by atoms with van der Waals surface area (Å²) in [5.74, 6) is 1.19. The zero-order chi connectivity index (χ0) is 24.3. The highest BCUT2D eigenvalue weighted by molar-refractivity contribution is 6.74. The van der Waals surface area contributed by atoms with E-state index in [1.165, 1.54) is 5.56 Å². The third-order valence-electron chi connectivity index (χ3n) is 7.23. The zero-order valence-corrected chi connectivity index (χ0v) is 23.4. The van der Waals surface area contributed by atoms with Crippen LogP contribution in [0.25, 0.3) is 0 Å². The summed E-state index contributed by atoms with van der Waals surface area (Å²) in [5, 5.41) is 11.1. The molecule has 0 aliphatic carbocycles. The summed E-state index contributed by atoms with van der Waals surface area (Å²) < 4.78 is 12.2. The quantitative estimate of drug-likeness (QED) is 0.199. The van der Waals surface area contributed by atoms with E-state index >= 15 is 0 Å². The van der Waals surface area contributed by atoms with Gasteiger partial charge in [0.1, 0.15) is 0 Å². The van der Waals surface area contributed by atoms with E-state index in [1.54, 1.807) is 0 Å². The summed E-state index contributed by atoms with van der Waals surface area (Å²) in [5.41, 5.74) is 0.681. The van der Waals surface area contributed by atoms with E-state index < -0.39 is 13.9 Å². The molecule has 0 amide bonds. The lowest BCUT2D eigenvalue weighted by Gasteiger charge is -2.37. The molecule has 0 saturated heterocycles. The van der Waals surface area contributed by atoms with Crippen molar-refractivity contribution in [3.8, 4) is 0 Å². The van der Waals surface area contributed by atoms with Crippen LogP contribution in [0.1, 0.15) is 92.1 Å². The van der Waals surface area contributed by atoms with Gasteiger partial charge in [0, 0.05) is 13.2 Å². The zero-order valence-electron chi connectivity index (χ0n) is 22.4. The second-order valence-corrected chi connectivity index (χ2v) is 16.7. The molecule has 1 aromatic rings. The van der Waals surface area contributed by atoms with Gasteiger partial charge in [0.05, 0.1) is 12.2 Å². The lowest BCUT2D eigenvalue weighted by molar-refractivity contribution is 0.0337. The van der Waals surface area contributed by atoms with Crippen molar-refractivity contribution in [2.24, 2.45) is 11.8 Å². The van der Waals surface area contributed by atoms with Crippen LogP contribution < -0.4 is 0 Å². The Morgan fingerprint density at radius 3 is 2.00 bits per heavy atom. The molecule has 4 heteroatoms. The van der Waals surface area contributed by atoms with Gasteiger partial charge >= 0.3 is 0 Å². The fourth-order valence-corrected chi connectivity index (χ4v) is 4.77. The van der Waals surface area contributed by atoms with E-state index in [0.717, 1.165) is 58.2 Å². The van der Waals surface area contributed by atoms with Gasteiger partial charge in [0.25, 0.3) is 0 Å². The molecule has 0 aliphatic heterocycles. The van der Waals surface area contributed by atoms with Crippen LogP contribution >= 0.6 is 0 Å². The van der Waals surface area contributed by atoms with E-state index in [1.807, 2.05) is 13.0 Å². The minimum absolute atomic E-state index is 0.265. The van der Waals surface area contributed by atoms with Crippen molar-refractivity contribution in [3.05, 3.63) is 35.9 Å². The van der Waals surface area contributed by atoms with Crippen molar-refractivity contribution in [2.45, 2.75) is 117 Å². The van der Waals surface area contributed by atoms with Gasteiger partial charge in [0.2, 0.25) is 0 Å². The van der Waals surface area contributed by atoms with Crippen LogP contribution in [0.5, 0.6) is 0 Å². The van der Waals surface area contributed by atoms with Crippen LogP contribution in [0.3, 0.4) is 0 Å². The minimum atomic E-state index is -1.66. The highest BCUT2D eigenvalue weighted by Crippen LogP contribution is 2.37. The molecule has 1 N–H and O–H groups in total. The molecule has 1 aromatic carbocycles. The molecule has 0 radical (unpaired) electrons. The van der Waals surface area contributed by atoms with E-state index in [0.29, 0.717) is 18.4 Å². The normalized spacial score (nSPS) is 16.5. The maximum absolute atomic E-state index is 10.8. The van der Waals surface area contributed by atoms with Crippen molar-refractivity contribution in [2.75, 3.05) is 13.2 Å². The average molecular weight is 465 g/mol. The molecule has 0 bridgehead atoms. The predicted octanol–water partition coefficient (Wildman–Crippen LogP) is 7.98. The Hall–Kier alpha value is -0.683. The van der Waals surface area contributed by atoms with Crippen molar-refractivity contribution in [3.63, 3.8) is 0 Å². The molecular weight excluding hydrogens is 412 g/mol. The Bertz CT molecular complexity index is 607. The van der Waals surface area contributed by atoms with Gasteiger partial charge in [0.15, 0.2) is 8.32 Å². The van der Waals surface area contributed by atoms with Crippen LogP contribution in [0.2, 0.25) is 18.1 Å². The lowest BCUT2D eigenvalue weighted by atomic mass is 9.89. The van der Waals surface area contributed by atoms with Gasteiger partial charge in [-0.05, 0) is 68.1 Å². The second-order valence-electron chi connectivity index (χ2n) is 11.9. The summed E-state index contributed by atoms with van der Waals surface area (Å²) in [6.07, 6.45) is 7.28. The molecular formula is C28H52O3Si. The van der Waals surface area contributed by atoms with Crippen LogP contribution in [0.15, 0.2) is 30.3 Å². The summed E-state index contributed by atoms with van der Waals surface area (Å²) >= 11 is 0. The molecule has 1 rings (SSSR count). The maximum Gasteiger partial charge on any atom is 0.191 e. The average Bonchev–Trinajstić information content (AvgIpc) is 2.69. The van der Waals surface area contributed by atoms with Crippen LogP contribution in [0.4, 0.5) is 0 Å². The fraction of sp³-hybridized carbons (Fsp3) is 0.786. The number of hydrogen-bond donors (Lipinski definition) is 1. The van der Waals surface area contributed by atoms with Gasteiger partial charge in [-0.15, -0.1) is 0 Å². The fourth-order valence-electron chi connectivity index (χ4n) is 3.63. The van der Waals surface area contributed by atoms with Crippen LogP contribution in [-0.4, -0.2) is 32.2 Å². The van der Waals surface area contributed by atoms with E-state index in [9.17, 15) is 5.11 Å². The van der Waals surface area contributed by atoms with Crippen molar-refractivity contribution < 1.29 is 14.3 Å². The molecule has 0 fully saturated rings. The first-order chi connectivity index (χ1) is 14.8. The summed E-state index contributed by atoms with van der Waals surface area (Å²) in [6, 6.07) is 10.3. The number of rotatable bonds is 16. The Kier molecular flexibility index (Phi) is 12.7. The molecule has 0 unspecified atom stereocenters. The van der Waals surface area contributed by atoms with Crippen LogP contribution in [-0.2, 0) is 15.8 Å². The highest BCUT2D eigenvalue weighted by atomic mass is 28.4. The first-order valence-electron chi connectivity index (χ1n) is 12.8. The van der Waals surface area contributed by atoms with E-state index in [2.05, 4.69) is 72.0 Å². The Morgan fingerprint density at radius 1 is 0.875 bits per heavy atom. The monoisotopic (exact) mass is 464 g/mol. The van der Waals surface area contributed by atoms with Crippen LogP contribution in [0, 0.1) is 11.8 Å². The molecule has 186 valence electrons. The Labute approximate surface area is 200 Å². The Morgan fingerprint density at radius 2 is 1.44 bits per heavy atom. The van der Waals surface area contributed by atoms with Gasteiger partial charge in [-0.3, -0.25) is 0 Å². The van der Waals surface area contributed by atoms with Crippen molar-refractivity contribution in [1.29, 1.82) is 0 Å². The lowest BCUT2D eigenvalue weighted by Crippen LogP contribution is -2.41. The van der Waals surface area contributed by atoms with Crippen molar-refractivity contribution in [1.82, 2.24) is 0 Å². The molecule has 32 heavy (non-hydrogen) atoms. The molecule has 0 aliphatic rings. The largest absolute Gasteiger partial charge is 0.417 e. The standard InChI is InChI=1S/C28H52O3Si/c1-24(18-21-30-23-26-16-10-9-11-17-26)14-12-19-28(6,29)20-13-15-25(2)22-31-32(7,8)27(3,4)5/h9-11,16-17,24-25,29H,12-15,18-23H2,1-8H3/t24-,25-,28-/m1/s1. The number of benzene rings is 1. The molecule has 3 atom stereocenters. The third-order valence-corrected chi connectivity index (χ3v) is 11.7. The molecule has 0 aromatic heterocycles. The van der Waals surface area contributed by atoms with Gasteiger partial charge in [-0.2, -0.15) is 0 Å². The maximum atomic E-state index is 10.8. The predicted molar refractivity (Wildman–Crippen MR) is 141 cm³/mol. The smallest absolute Gasteiger partial charge is 0.191 e. The number of hydrogen-bond acceptors (Lipinski definition) is 3. The minimum Gasteiger partial charge on any atom is -0.417 e. The topological polar surface area (TPSA) is 38.7 Å².